The van der Waals surface area contributed by atoms with E-state index in [1.807, 2.05) is 62.4 Å². The minimum atomic E-state index is -0.283. The zero-order valence-electron chi connectivity index (χ0n) is 12.9. The van der Waals surface area contributed by atoms with Crippen molar-refractivity contribution >= 4 is 12.1 Å². The van der Waals surface area contributed by atoms with Crippen molar-refractivity contribution in [1.82, 2.24) is 5.43 Å². The van der Waals surface area contributed by atoms with Crippen LogP contribution in [0.2, 0.25) is 0 Å². The second kappa shape index (κ2) is 7.98. The van der Waals surface area contributed by atoms with Crippen LogP contribution in [0.1, 0.15) is 23.6 Å². The molecule has 2 aromatic rings. The monoisotopic (exact) mass is 296 g/mol. The van der Waals surface area contributed by atoms with Crippen LogP contribution in [0.4, 0.5) is 0 Å². The molecular formula is C18H20N2O2. The van der Waals surface area contributed by atoms with Gasteiger partial charge in [-0.1, -0.05) is 55.0 Å². The summed E-state index contributed by atoms with van der Waals surface area (Å²) < 4.78 is 5.52. The molecule has 114 valence electrons. The Morgan fingerprint density at radius 3 is 2.64 bits per heavy atom. The molecule has 0 aromatic heterocycles. The van der Waals surface area contributed by atoms with Gasteiger partial charge in [0, 0.05) is 0 Å². The number of hydrazone groups is 1. The minimum Gasteiger partial charge on any atom is -0.483 e. The van der Waals surface area contributed by atoms with Gasteiger partial charge in [-0.05, 0) is 30.5 Å². The Labute approximate surface area is 130 Å². The molecular weight excluding hydrogens is 276 g/mol. The highest BCUT2D eigenvalue weighted by Gasteiger charge is 2.04. The number of hydrogen-bond donors (Lipinski definition) is 1. The largest absolute Gasteiger partial charge is 0.483 e. The van der Waals surface area contributed by atoms with Crippen LogP contribution in [0, 0.1) is 6.92 Å². The van der Waals surface area contributed by atoms with Crippen molar-refractivity contribution in [1.29, 1.82) is 0 Å². The van der Waals surface area contributed by atoms with Crippen molar-refractivity contribution in [2.24, 2.45) is 5.10 Å². The normalized spacial score (nSPS) is 10.6. The predicted molar refractivity (Wildman–Crippen MR) is 88.2 cm³/mol. The zero-order valence-corrected chi connectivity index (χ0v) is 12.9. The van der Waals surface area contributed by atoms with Gasteiger partial charge < -0.3 is 4.74 Å². The smallest absolute Gasteiger partial charge is 0.277 e. The Hall–Kier alpha value is -2.62. The van der Waals surface area contributed by atoms with Gasteiger partial charge in [-0.15, -0.1) is 0 Å². The maximum absolute atomic E-state index is 11.7. The molecule has 4 nitrogen and oxygen atoms in total. The molecule has 1 amide bonds. The van der Waals surface area contributed by atoms with E-state index in [1.54, 1.807) is 6.21 Å². The van der Waals surface area contributed by atoms with Gasteiger partial charge in [-0.3, -0.25) is 4.79 Å². The summed E-state index contributed by atoms with van der Waals surface area (Å²) in [5.74, 6) is 0.455. The lowest BCUT2D eigenvalue weighted by Crippen LogP contribution is -2.24. The fraction of sp³-hybridized carbons (Fsp3) is 0.222. The molecule has 0 aliphatic rings. The van der Waals surface area contributed by atoms with Gasteiger partial charge in [0.15, 0.2) is 6.61 Å². The number of nitrogens with one attached hydrogen (secondary N) is 1. The number of amides is 1. The first kappa shape index (κ1) is 15.8. The first-order chi connectivity index (χ1) is 10.7. The number of ether oxygens (including phenoxy) is 1. The van der Waals surface area contributed by atoms with Crippen LogP contribution in [0.5, 0.6) is 5.75 Å². The lowest BCUT2D eigenvalue weighted by Gasteiger charge is -2.08. The van der Waals surface area contributed by atoms with Crippen molar-refractivity contribution in [2.75, 3.05) is 6.61 Å². The van der Waals surface area contributed by atoms with Crippen LogP contribution in [0.3, 0.4) is 0 Å². The van der Waals surface area contributed by atoms with Crippen LogP contribution in [-0.2, 0) is 11.2 Å². The van der Waals surface area contributed by atoms with Crippen LogP contribution in [0.15, 0.2) is 53.6 Å². The average molecular weight is 296 g/mol. The van der Waals surface area contributed by atoms with E-state index in [9.17, 15) is 4.79 Å². The van der Waals surface area contributed by atoms with Gasteiger partial charge >= 0.3 is 0 Å². The second-order valence-corrected chi connectivity index (χ2v) is 4.95. The van der Waals surface area contributed by atoms with E-state index in [-0.39, 0.29) is 12.5 Å². The first-order valence-electron chi connectivity index (χ1n) is 7.28. The Balaban J connectivity index is 1.82. The molecule has 2 aromatic carbocycles. The Morgan fingerprint density at radius 1 is 1.18 bits per heavy atom. The molecule has 0 bridgehead atoms. The standard InChI is InChI=1S/C18H20N2O2/c1-3-16-6-4-5-7-17(16)22-13-18(21)20-19-12-15-10-8-14(2)9-11-15/h4-12H,3,13H2,1-2H3,(H,20,21)/b19-12+. The molecule has 0 saturated heterocycles. The van der Waals surface area contributed by atoms with Crippen molar-refractivity contribution in [3.05, 3.63) is 65.2 Å². The summed E-state index contributed by atoms with van der Waals surface area (Å²) >= 11 is 0. The van der Waals surface area contributed by atoms with E-state index in [4.69, 9.17) is 4.74 Å². The summed E-state index contributed by atoms with van der Waals surface area (Å²) in [5, 5.41) is 3.92. The van der Waals surface area contributed by atoms with Crippen LogP contribution in [-0.4, -0.2) is 18.7 Å². The molecule has 0 heterocycles. The minimum absolute atomic E-state index is 0.0533. The molecule has 0 fully saturated rings. The fourth-order valence-electron chi connectivity index (χ4n) is 1.94. The summed E-state index contributed by atoms with van der Waals surface area (Å²) in [5.41, 5.74) is 5.66. The van der Waals surface area contributed by atoms with Crippen LogP contribution in [0.25, 0.3) is 0 Å². The van der Waals surface area contributed by atoms with Crippen molar-refractivity contribution in [3.8, 4) is 5.75 Å². The summed E-state index contributed by atoms with van der Waals surface area (Å²) in [6.45, 7) is 4.02. The quantitative estimate of drug-likeness (QED) is 0.658. The van der Waals surface area contributed by atoms with E-state index >= 15 is 0 Å². The Bertz CT molecular complexity index is 648. The van der Waals surface area contributed by atoms with E-state index < -0.39 is 0 Å². The molecule has 0 aliphatic heterocycles. The summed E-state index contributed by atoms with van der Waals surface area (Å²) in [7, 11) is 0. The number of hydrogen-bond acceptors (Lipinski definition) is 3. The van der Waals surface area contributed by atoms with Gasteiger partial charge in [0.1, 0.15) is 5.75 Å². The van der Waals surface area contributed by atoms with Gasteiger partial charge in [0.25, 0.3) is 5.91 Å². The Morgan fingerprint density at radius 2 is 1.91 bits per heavy atom. The number of para-hydroxylation sites is 1. The predicted octanol–water partition coefficient (Wildman–Crippen LogP) is 3.09. The van der Waals surface area contributed by atoms with Gasteiger partial charge in [0.2, 0.25) is 0 Å². The second-order valence-electron chi connectivity index (χ2n) is 4.95. The highest BCUT2D eigenvalue weighted by Crippen LogP contribution is 2.17. The number of rotatable bonds is 6. The van der Waals surface area contributed by atoms with Crippen molar-refractivity contribution < 1.29 is 9.53 Å². The summed E-state index contributed by atoms with van der Waals surface area (Å²) in [6.07, 6.45) is 2.47. The van der Waals surface area contributed by atoms with E-state index in [1.165, 1.54) is 5.56 Å². The maximum Gasteiger partial charge on any atom is 0.277 e. The third-order valence-electron chi connectivity index (χ3n) is 3.19. The molecule has 2 rings (SSSR count). The maximum atomic E-state index is 11.7. The Kier molecular flexibility index (Phi) is 5.72. The number of aryl methyl sites for hydroxylation is 2. The lowest BCUT2D eigenvalue weighted by atomic mass is 10.1. The summed E-state index contributed by atoms with van der Waals surface area (Å²) in [6, 6.07) is 15.6. The molecule has 0 unspecified atom stereocenters. The van der Waals surface area contributed by atoms with Crippen LogP contribution < -0.4 is 10.2 Å². The molecule has 0 spiro atoms. The lowest BCUT2D eigenvalue weighted by molar-refractivity contribution is -0.123. The molecule has 22 heavy (non-hydrogen) atoms. The fourth-order valence-corrected chi connectivity index (χ4v) is 1.94. The first-order valence-corrected chi connectivity index (χ1v) is 7.28. The average Bonchev–Trinajstić information content (AvgIpc) is 2.55. The van der Waals surface area contributed by atoms with E-state index in [0.717, 1.165) is 23.3 Å². The molecule has 0 atom stereocenters. The van der Waals surface area contributed by atoms with Gasteiger partial charge in [-0.2, -0.15) is 5.10 Å². The highest BCUT2D eigenvalue weighted by molar-refractivity contribution is 5.82. The van der Waals surface area contributed by atoms with Gasteiger partial charge in [-0.25, -0.2) is 5.43 Å². The highest BCUT2D eigenvalue weighted by atomic mass is 16.5. The number of carbonyl (C=O) groups is 1. The molecule has 0 aliphatic carbocycles. The third kappa shape index (κ3) is 4.74. The zero-order chi connectivity index (χ0) is 15.8. The summed E-state index contributed by atoms with van der Waals surface area (Å²) in [4.78, 5) is 11.7. The molecule has 1 N–H and O–H groups in total. The molecule has 0 radical (unpaired) electrons. The number of carbonyl (C=O) groups excluding carboxylic acids is 1. The third-order valence-corrected chi connectivity index (χ3v) is 3.19. The van der Waals surface area contributed by atoms with Gasteiger partial charge in [0.05, 0.1) is 6.21 Å². The van der Waals surface area contributed by atoms with Crippen molar-refractivity contribution in [3.63, 3.8) is 0 Å². The number of nitrogens with zero attached hydrogens (tertiary/aromatic N) is 1. The van der Waals surface area contributed by atoms with Crippen molar-refractivity contribution in [2.45, 2.75) is 20.3 Å². The number of benzene rings is 2. The SMILES string of the molecule is CCc1ccccc1OCC(=O)N/N=C/c1ccc(C)cc1. The molecule has 4 heteroatoms. The van der Waals surface area contributed by atoms with Crippen LogP contribution >= 0.6 is 0 Å². The topological polar surface area (TPSA) is 50.7 Å². The van der Waals surface area contributed by atoms with E-state index in [2.05, 4.69) is 10.5 Å². The van der Waals surface area contributed by atoms with E-state index in [0.29, 0.717) is 0 Å². The molecule has 0 saturated carbocycles.